The molecule has 1 amide bonds. The number of hydrogen-bond donors (Lipinski definition) is 1. The number of methoxy groups -OCH3 is 1. The molecule has 2 rings (SSSR count). The van der Waals surface area contributed by atoms with Gasteiger partial charge in [0.2, 0.25) is 0 Å². The van der Waals surface area contributed by atoms with E-state index in [9.17, 15) is 9.59 Å². The minimum Gasteiger partial charge on any atom is -0.467 e. The second-order valence-corrected chi connectivity index (χ2v) is 3.87. The van der Waals surface area contributed by atoms with Crippen molar-refractivity contribution in [3.8, 4) is 0 Å². The van der Waals surface area contributed by atoms with Gasteiger partial charge in [-0.25, -0.2) is 4.79 Å². The number of ether oxygens (including phenoxy) is 1. The predicted octanol–water partition coefficient (Wildman–Crippen LogP) is 1.72. The predicted molar refractivity (Wildman–Crippen MR) is 65.2 cm³/mol. The van der Waals surface area contributed by atoms with Crippen molar-refractivity contribution in [1.29, 1.82) is 0 Å². The van der Waals surface area contributed by atoms with Crippen LogP contribution in [0.1, 0.15) is 17.5 Å². The highest BCUT2D eigenvalue weighted by Gasteiger charge is 2.19. The summed E-state index contributed by atoms with van der Waals surface area (Å²) in [6, 6.07) is 8.22. The van der Waals surface area contributed by atoms with Crippen molar-refractivity contribution in [2.45, 2.75) is 13.0 Å². The van der Waals surface area contributed by atoms with Gasteiger partial charge in [0.15, 0.2) is 5.76 Å². The lowest BCUT2D eigenvalue weighted by Gasteiger charge is -2.09. The van der Waals surface area contributed by atoms with Crippen LogP contribution in [0, 0.1) is 0 Å². The van der Waals surface area contributed by atoms with E-state index in [4.69, 9.17) is 4.42 Å². The molecule has 0 aliphatic rings. The van der Waals surface area contributed by atoms with Crippen LogP contribution in [-0.4, -0.2) is 25.0 Å². The normalized spacial score (nSPS) is 12.1. The van der Waals surface area contributed by atoms with E-state index in [-0.39, 0.29) is 5.76 Å². The highest BCUT2D eigenvalue weighted by Crippen LogP contribution is 2.18. The summed E-state index contributed by atoms with van der Waals surface area (Å²) in [7, 11) is 1.27. The molecule has 0 radical (unpaired) electrons. The second kappa shape index (κ2) is 4.91. The lowest BCUT2D eigenvalue weighted by molar-refractivity contribution is -0.142. The number of esters is 1. The molecule has 0 aliphatic carbocycles. The molecular formula is C13H13NO4. The van der Waals surface area contributed by atoms with Crippen molar-refractivity contribution in [3.63, 3.8) is 0 Å². The van der Waals surface area contributed by atoms with E-state index in [1.807, 2.05) is 18.2 Å². The molecule has 1 heterocycles. The van der Waals surface area contributed by atoms with Gasteiger partial charge < -0.3 is 14.5 Å². The van der Waals surface area contributed by atoms with E-state index in [2.05, 4.69) is 10.1 Å². The van der Waals surface area contributed by atoms with E-state index in [0.717, 1.165) is 5.39 Å². The van der Waals surface area contributed by atoms with Gasteiger partial charge in [0, 0.05) is 5.39 Å². The first kappa shape index (κ1) is 12.2. The molecular weight excluding hydrogens is 234 g/mol. The third-order valence-electron chi connectivity index (χ3n) is 2.55. The van der Waals surface area contributed by atoms with E-state index in [1.54, 1.807) is 19.1 Å². The first-order chi connectivity index (χ1) is 8.61. The fraction of sp³-hybridized carbons (Fsp3) is 0.231. The SMILES string of the molecule is COC(=O)[C@@H](C)NC(=O)c1cc2ccccc2o1. The van der Waals surface area contributed by atoms with Crippen molar-refractivity contribution in [1.82, 2.24) is 5.32 Å². The Morgan fingerprint density at radius 3 is 2.72 bits per heavy atom. The van der Waals surface area contributed by atoms with Crippen molar-refractivity contribution in [2.24, 2.45) is 0 Å². The van der Waals surface area contributed by atoms with E-state index in [1.165, 1.54) is 7.11 Å². The summed E-state index contributed by atoms with van der Waals surface area (Å²) >= 11 is 0. The molecule has 0 saturated heterocycles. The molecule has 0 fully saturated rings. The van der Waals surface area contributed by atoms with Gasteiger partial charge in [-0.2, -0.15) is 0 Å². The summed E-state index contributed by atoms with van der Waals surface area (Å²) in [5.74, 6) is -0.768. The zero-order chi connectivity index (χ0) is 13.1. The van der Waals surface area contributed by atoms with Crippen molar-refractivity contribution >= 4 is 22.8 Å². The number of benzene rings is 1. The van der Waals surface area contributed by atoms with E-state index in [0.29, 0.717) is 5.58 Å². The molecule has 0 saturated carbocycles. The Hall–Kier alpha value is -2.30. The third kappa shape index (κ3) is 2.34. The summed E-state index contributed by atoms with van der Waals surface area (Å²) < 4.78 is 9.90. The molecule has 5 heteroatoms. The number of carbonyl (C=O) groups excluding carboxylic acids is 2. The zero-order valence-electron chi connectivity index (χ0n) is 10.1. The topological polar surface area (TPSA) is 68.5 Å². The number of hydrogen-bond acceptors (Lipinski definition) is 4. The van der Waals surface area contributed by atoms with Crippen LogP contribution in [0.15, 0.2) is 34.7 Å². The van der Waals surface area contributed by atoms with Gasteiger partial charge in [0.1, 0.15) is 11.6 Å². The van der Waals surface area contributed by atoms with Crippen LogP contribution < -0.4 is 5.32 Å². The van der Waals surface area contributed by atoms with Crippen LogP contribution in [0.5, 0.6) is 0 Å². The Balaban J connectivity index is 2.16. The van der Waals surface area contributed by atoms with Gasteiger partial charge in [-0.05, 0) is 19.1 Å². The number of para-hydroxylation sites is 1. The number of furan rings is 1. The van der Waals surface area contributed by atoms with E-state index < -0.39 is 17.9 Å². The minimum absolute atomic E-state index is 0.173. The van der Waals surface area contributed by atoms with Crippen molar-refractivity contribution < 1.29 is 18.7 Å². The number of nitrogens with one attached hydrogen (secondary N) is 1. The lowest BCUT2D eigenvalue weighted by atomic mass is 10.2. The van der Waals surface area contributed by atoms with Gasteiger partial charge in [-0.15, -0.1) is 0 Å². The fourth-order valence-corrected chi connectivity index (χ4v) is 1.60. The number of carbonyl (C=O) groups is 2. The van der Waals surface area contributed by atoms with Gasteiger partial charge >= 0.3 is 5.97 Å². The summed E-state index contributed by atoms with van der Waals surface area (Å²) in [4.78, 5) is 23.0. The number of rotatable bonds is 3. The monoisotopic (exact) mass is 247 g/mol. The zero-order valence-corrected chi connectivity index (χ0v) is 10.1. The first-order valence-corrected chi connectivity index (χ1v) is 5.49. The van der Waals surface area contributed by atoms with Crippen LogP contribution in [0.3, 0.4) is 0 Å². The van der Waals surface area contributed by atoms with Crippen molar-refractivity contribution in [2.75, 3.05) is 7.11 Å². The molecule has 5 nitrogen and oxygen atoms in total. The molecule has 1 N–H and O–H groups in total. The quantitative estimate of drug-likeness (QED) is 0.838. The molecule has 1 aromatic carbocycles. The summed E-state index contributed by atoms with van der Waals surface area (Å²) in [6.45, 7) is 1.55. The molecule has 1 aromatic heterocycles. The highest BCUT2D eigenvalue weighted by molar-refractivity contribution is 5.97. The molecule has 2 aromatic rings. The van der Waals surface area contributed by atoms with Crippen molar-refractivity contribution in [3.05, 3.63) is 36.1 Å². The molecule has 0 spiro atoms. The molecule has 94 valence electrons. The van der Waals surface area contributed by atoms with Crippen LogP contribution >= 0.6 is 0 Å². The first-order valence-electron chi connectivity index (χ1n) is 5.49. The maximum Gasteiger partial charge on any atom is 0.328 e. The molecule has 18 heavy (non-hydrogen) atoms. The molecule has 0 bridgehead atoms. The minimum atomic E-state index is -0.712. The standard InChI is InChI=1S/C13H13NO4/c1-8(13(16)17-2)14-12(15)11-7-9-5-3-4-6-10(9)18-11/h3-8H,1-2H3,(H,14,15)/t8-/m1/s1. The largest absolute Gasteiger partial charge is 0.467 e. The van der Waals surface area contributed by atoms with Gasteiger partial charge in [-0.1, -0.05) is 18.2 Å². The Bertz CT molecular complexity index is 554. The van der Waals surface area contributed by atoms with Crippen LogP contribution in [0.4, 0.5) is 0 Å². The number of fused-ring (bicyclic) bond motifs is 1. The Kier molecular flexibility index (Phi) is 3.32. The molecule has 0 unspecified atom stereocenters. The summed E-state index contributed by atoms with van der Waals surface area (Å²) in [6.07, 6.45) is 0. The average Bonchev–Trinajstić information content (AvgIpc) is 2.81. The maximum absolute atomic E-state index is 11.8. The average molecular weight is 247 g/mol. The van der Waals surface area contributed by atoms with Gasteiger partial charge in [0.05, 0.1) is 7.11 Å². The Morgan fingerprint density at radius 1 is 1.33 bits per heavy atom. The second-order valence-electron chi connectivity index (χ2n) is 3.87. The van der Waals surface area contributed by atoms with Gasteiger partial charge in [-0.3, -0.25) is 4.79 Å². The molecule has 1 atom stereocenters. The molecule has 0 aliphatic heterocycles. The summed E-state index contributed by atoms with van der Waals surface area (Å²) in [5, 5.41) is 3.34. The van der Waals surface area contributed by atoms with Crippen LogP contribution in [0.25, 0.3) is 11.0 Å². The lowest BCUT2D eigenvalue weighted by Crippen LogP contribution is -2.38. The fourth-order valence-electron chi connectivity index (χ4n) is 1.60. The smallest absolute Gasteiger partial charge is 0.328 e. The van der Waals surface area contributed by atoms with Crippen LogP contribution in [-0.2, 0) is 9.53 Å². The summed E-state index contributed by atoms with van der Waals surface area (Å²) in [5.41, 5.74) is 0.633. The highest BCUT2D eigenvalue weighted by atomic mass is 16.5. The van der Waals surface area contributed by atoms with E-state index >= 15 is 0 Å². The Morgan fingerprint density at radius 2 is 2.06 bits per heavy atom. The Labute approximate surface area is 104 Å². The van der Waals surface area contributed by atoms with Gasteiger partial charge in [0.25, 0.3) is 5.91 Å². The third-order valence-corrected chi connectivity index (χ3v) is 2.55. The number of amides is 1. The maximum atomic E-state index is 11.8. The van der Waals surface area contributed by atoms with Crippen LogP contribution in [0.2, 0.25) is 0 Å².